The molecule has 0 aliphatic rings. The molecule has 0 fully saturated rings. The molecule has 0 spiro atoms. The summed E-state index contributed by atoms with van der Waals surface area (Å²) in [6, 6.07) is 16.1. The third-order valence-corrected chi connectivity index (χ3v) is 3.03. The molecule has 2 aromatic carbocycles. The first-order valence-corrected chi connectivity index (χ1v) is 5.66. The maximum absolute atomic E-state index is 10.2. The van der Waals surface area contributed by atoms with Gasteiger partial charge in [0.05, 0.1) is 0 Å². The molecule has 2 heteroatoms. The van der Waals surface area contributed by atoms with Gasteiger partial charge in [-0.3, -0.25) is 0 Å². The topological polar surface area (TPSA) is 36.0 Å². The van der Waals surface area contributed by atoms with Crippen molar-refractivity contribution in [1.82, 2.24) is 4.98 Å². The molecule has 2 N–H and O–H groups in total. The minimum atomic E-state index is 0.382. The molecule has 2 nitrogen and oxygen atoms in total. The zero-order valence-corrected chi connectivity index (χ0v) is 9.35. The summed E-state index contributed by atoms with van der Waals surface area (Å²) in [5, 5.41) is 11.1. The van der Waals surface area contributed by atoms with Crippen molar-refractivity contribution in [2.24, 2.45) is 0 Å². The van der Waals surface area contributed by atoms with Gasteiger partial charge < -0.3 is 10.1 Å². The van der Waals surface area contributed by atoms with E-state index in [2.05, 4.69) is 17.1 Å². The lowest BCUT2D eigenvalue weighted by atomic mass is 10.0. The number of hydrogen-bond acceptors (Lipinski definition) is 1. The summed E-state index contributed by atoms with van der Waals surface area (Å²) in [6.45, 7) is 0. The zero-order valence-electron chi connectivity index (χ0n) is 9.35. The van der Waals surface area contributed by atoms with Crippen LogP contribution in [0.15, 0.2) is 54.7 Å². The van der Waals surface area contributed by atoms with E-state index in [1.54, 1.807) is 0 Å². The predicted octanol–water partition coefficient (Wildman–Crippen LogP) is 3.46. The average molecular weight is 223 g/mol. The van der Waals surface area contributed by atoms with Gasteiger partial charge in [0.15, 0.2) is 0 Å². The molecule has 0 atom stereocenters. The molecule has 17 heavy (non-hydrogen) atoms. The van der Waals surface area contributed by atoms with Crippen LogP contribution in [0, 0.1) is 0 Å². The number of aromatic hydroxyl groups is 1. The summed E-state index contributed by atoms with van der Waals surface area (Å²) in [6.07, 6.45) is 2.60. The minimum Gasteiger partial charge on any atom is -0.507 e. The summed E-state index contributed by atoms with van der Waals surface area (Å²) in [7, 11) is 0. The number of benzene rings is 2. The number of hydrogen-bond donors (Lipinski definition) is 2. The summed E-state index contributed by atoms with van der Waals surface area (Å²) < 4.78 is 0. The summed E-state index contributed by atoms with van der Waals surface area (Å²) in [5.74, 6) is 0.382. The molecule has 84 valence electrons. The fourth-order valence-corrected chi connectivity index (χ4v) is 2.12. The number of aromatic nitrogens is 1. The molecule has 0 bridgehead atoms. The molecule has 0 unspecified atom stereocenters. The van der Waals surface area contributed by atoms with Crippen molar-refractivity contribution in [3.63, 3.8) is 0 Å². The van der Waals surface area contributed by atoms with E-state index in [-0.39, 0.29) is 0 Å². The van der Waals surface area contributed by atoms with E-state index < -0.39 is 0 Å². The highest BCUT2D eigenvalue weighted by molar-refractivity contribution is 5.86. The molecule has 3 aromatic rings. The van der Waals surface area contributed by atoms with Crippen LogP contribution < -0.4 is 0 Å². The fraction of sp³-hybridized carbons (Fsp3) is 0.0667. The Labute approximate surface area is 99.5 Å². The molecule has 0 aliphatic heterocycles. The zero-order chi connectivity index (χ0) is 11.7. The summed E-state index contributed by atoms with van der Waals surface area (Å²) in [4.78, 5) is 3.09. The Morgan fingerprint density at radius 1 is 0.941 bits per heavy atom. The van der Waals surface area contributed by atoms with Crippen LogP contribution >= 0.6 is 0 Å². The Balaban J connectivity index is 2.03. The second kappa shape index (κ2) is 3.98. The highest BCUT2D eigenvalue weighted by Gasteiger charge is 2.07. The van der Waals surface area contributed by atoms with Crippen molar-refractivity contribution >= 4 is 10.9 Å². The predicted molar refractivity (Wildman–Crippen MR) is 69.2 cm³/mol. The van der Waals surface area contributed by atoms with Crippen LogP contribution in [0.3, 0.4) is 0 Å². The van der Waals surface area contributed by atoms with Crippen LogP contribution in [-0.2, 0) is 6.42 Å². The number of H-pyrrole nitrogens is 1. The Morgan fingerprint density at radius 2 is 1.76 bits per heavy atom. The van der Waals surface area contributed by atoms with Gasteiger partial charge in [0, 0.05) is 23.5 Å². The highest BCUT2D eigenvalue weighted by Crippen LogP contribution is 2.29. The van der Waals surface area contributed by atoms with E-state index in [1.807, 2.05) is 42.6 Å². The van der Waals surface area contributed by atoms with E-state index in [1.165, 1.54) is 5.56 Å². The van der Waals surface area contributed by atoms with E-state index in [0.29, 0.717) is 5.75 Å². The Bertz CT molecular complexity index is 640. The number of nitrogens with one attached hydrogen (secondary N) is 1. The van der Waals surface area contributed by atoms with Crippen molar-refractivity contribution in [3.8, 4) is 5.75 Å². The lowest BCUT2D eigenvalue weighted by molar-refractivity contribution is 0.476. The van der Waals surface area contributed by atoms with Crippen LogP contribution in [0.4, 0.5) is 0 Å². The number of rotatable bonds is 2. The van der Waals surface area contributed by atoms with Crippen LogP contribution in [-0.4, -0.2) is 10.1 Å². The first-order chi connectivity index (χ1) is 8.34. The molecular weight excluding hydrogens is 210 g/mol. The largest absolute Gasteiger partial charge is 0.507 e. The van der Waals surface area contributed by atoms with Gasteiger partial charge in [-0.05, 0) is 23.3 Å². The number of phenols is 1. The average Bonchev–Trinajstić information content (AvgIpc) is 2.83. The quantitative estimate of drug-likeness (QED) is 0.685. The number of fused-ring (bicyclic) bond motifs is 1. The lowest BCUT2D eigenvalue weighted by Gasteiger charge is -2.05. The van der Waals surface area contributed by atoms with Crippen molar-refractivity contribution in [3.05, 3.63) is 65.9 Å². The normalized spacial score (nSPS) is 10.8. The van der Waals surface area contributed by atoms with Crippen LogP contribution in [0.5, 0.6) is 5.75 Å². The first-order valence-electron chi connectivity index (χ1n) is 5.66. The van der Waals surface area contributed by atoms with Crippen molar-refractivity contribution in [1.29, 1.82) is 0 Å². The summed E-state index contributed by atoms with van der Waals surface area (Å²) >= 11 is 0. The fourth-order valence-electron chi connectivity index (χ4n) is 2.12. The van der Waals surface area contributed by atoms with Crippen LogP contribution in [0.25, 0.3) is 10.9 Å². The van der Waals surface area contributed by atoms with E-state index >= 15 is 0 Å². The molecule has 3 rings (SSSR count). The van der Waals surface area contributed by atoms with Crippen molar-refractivity contribution in [2.45, 2.75) is 6.42 Å². The van der Waals surface area contributed by atoms with Gasteiger partial charge in [-0.2, -0.15) is 0 Å². The molecule has 1 heterocycles. The van der Waals surface area contributed by atoms with Crippen LogP contribution in [0.2, 0.25) is 0 Å². The molecule has 0 radical (unpaired) electrons. The number of phenolic OH excluding ortho intramolecular Hbond substituents is 1. The molecule has 1 aromatic heterocycles. The molecular formula is C15H13NO. The van der Waals surface area contributed by atoms with Crippen molar-refractivity contribution < 1.29 is 5.11 Å². The highest BCUT2D eigenvalue weighted by atomic mass is 16.3. The second-order valence-corrected chi connectivity index (χ2v) is 4.17. The van der Waals surface area contributed by atoms with Gasteiger partial charge in [-0.15, -0.1) is 0 Å². The molecule has 0 aliphatic carbocycles. The van der Waals surface area contributed by atoms with Crippen molar-refractivity contribution in [2.75, 3.05) is 0 Å². The van der Waals surface area contributed by atoms with E-state index in [0.717, 1.165) is 22.9 Å². The van der Waals surface area contributed by atoms with Crippen LogP contribution in [0.1, 0.15) is 11.1 Å². The standard InChI is InChI=1S/C15H13NO/c17-15-12(10-11-4-2-1-3-5-11)6-7-14-13(15)8-9-16-14/h1-9,16-17H,10H2. The maximum Gasteiger partial charge on any atom is 0.128 e. The minimum absolute atomic E-state index is 0.382. The summed E-state index contributed by atoms with van der Waals surface area (Å²) in [5.41, 5.74) is 3.14. The number of aromatic amines is 1. The van der Waals surface area contributed by atoms with Gasteiger partial charge in [-0.1, -0.05) is 36.4 Å². The van der Waals surface area contributed by atoms with Gasteiger partial charge in [-0.25, -0.2) is 0 Å². The Hall–Kier alpha value is -2.22. The third kappa shape index (κ3) is 1.78. The smallest absolute Gasteiger partial charge is 0.128 e. The van der Waals surface area contributed by atoms with Gasteiger partial charge in [0.1, 0.15) is 5.75 Å². The maximum atomic E-state index is 10.2. The SMILES string of the molecule is Oc1c(Cc2ccccc2)ccc2[nH]ccc12. The monoisotopic (exact) mass is 223 g/mol. The van der Waals surface area contributed by atoms with E-state index in [9.17, 15) is 5.11 Å². The van der Waals surface area contributed by atoms with E-state index in [4.69, 9.17) is 0 Å². The molecule has 0 saturated heterocycles. The van der Waals surface area contributed by atoms with Gasteiger partial charge in [0.25, 0.3) is 0 Å². The first kappa shape index (κ1) is 9.97. The molecule has 0 saturated carbocycles. The van der Waals surface area contributed by atoms with Gasteiger partial charge >= 0.3 is 0 Å². The molecule has 0 amide bonds. The third-order valence-electron chi connectivity index (χ3n) is 3.03. The second-order valence-electron chi connectivity index (χ2n) is 4.17. The Morgan fingerprint density at radius 3 is 2.59 bits per heavy atom. The van der Waals surface area contributed by atoms with Gasteiger partial charge in [0.2, 0.25) is 0 Å². The Kier molecular flexibility index (Phi) is 2.33. The lowest BCUT2D eigenvalue weighted by Crippen LogP contribution is -1.88.